The summed E-state index contributed by atoms with van der Waals surface area (Å²) in [5.74, 6) is 0. The number of aryl methyl sites for hydroxylation is 1. The standard InChI is InChI=1S/C15H20N4O/c1-11-3-4-14-17-13(7-15(20)19(14)8-11)10-18-6-5-16-12(2)9-18/h3-4,7-8,12,16H,5-6,9-10H2,1-2H3/t12-/m1/s1. The minimum absolute atomic E-state index is 0.00289. The zero-order valence-electron chi connectivity index (χ0n) is 12.0. The maximum absolute atomic E-state index is 12.1. The molecule has 1 N–H and O–H groups in total. The van der Waals surface area contributed by atoms with Gasteiger partial charge in [-0.3, -0.25) is 14.1 Å². The maximum atomic E-state index is 12.1. The van der Waals surface area contributed by atoms with Crippen LogP contribution in [0.5, 0.6) is 0 Å². The zero-order chi connectivity index (χ0) is 14.1. The molecule has 20 heavy (non-hydrogen) atoms. The molecule has 1 aliphatic rings. The topological polar surface area (TPSA) is 49.6 Å². The molecule has 0 amide bonds. The lowest BCUT2D eigenvalue weighted by atomic mass is 10.2. The Kier molecular flexibility index (Phi) is 3.54. The molecule has 1 atom stereocenters. The summed E-state index contributed by atoms with van der Waals surface area (Å²) in [5, 5.41) is 3.42. The van der Waals surface area contributed by atoms with Gasteiger partial charge in [0.15, 0.2) is 0 Å². The van der Waals surface area contributed by atoms with E-state index in [9.17, 15) is 4.79 Å². The number of aromatic nitrogens is 2. The van der Waals surface area contributed by atoms with Crippen molar-refractivity contribution in [2.24, 2.45) is 0 Å². The first-order valence-corrected chi connectivity index (χ1v) is 7.06. The second-order valence-corrected chi connectivity index (χ2v) is 5.61. The van der Waals surface area contributed by atoms with Gasteiger partial charge >= 0.3 is 0 Å². The van der Waals surface area contributed by atoms with Crippen LogP contribution in [-0.4, -0.2) is 40.0 Å². The van der Waals surface area contributed by atoms with Crippen LogP contribution in [0.25, 0.3) is 5.65 Å². The fourth-order valence-electron chi connectivity index (χ4n) is 2.72. The summed E-state index contributed by atoms with van der Waals surface area (Å²) in [6.45, 7) is 7.88. The van der Waals surface area contributed by atoms with E-state index >= 15 is 0 Å². The van der Waals surface area contributed by atoms with Crippen molar-refractivity contribution in [3.8, 4) is 0 Å². The number of hydrogen-bond acceptors (Lipinski definition) is 4. The summed E-state index contributed by atoms with van der Waals surface area (Å²) in [6.07, 6.45) is 1.83. The van der Waals surface area contributed by atoms with E-state index in [-0.39, 0.29) is 5.56 Å². The van der Waals surface area contributed by atoms with Gasteiger partial charge in [-0.2, -0.15) is 0 Å². The Bertz CT molecular complexity index is 679. The quantitative estimate of drug-likeness (QED) is 0.878. The SMILES string of the molecule is Cc1ccc2nc(CN3CCN[C@H](C)C3)cc(=O)n2c1. The predicted octanol–water partition coefficient (Wildman–Crippen LogP) is 0.797. The predicted molar refractivity (Wildman–Crippen MR) is 78.9 cm³/mol. The number of nitrogens with one attached hydrogen (secondary N) is 1. The van der Waals surface area contributed by atoms with Crippen molar-refractivity contribution in [3.05, 3.63) is 46.0 Å². The molecule has 0 bridgehead atoms. The average Bonchev–Trinajstić information content (AvgIpc) is 2.40. The van der Waals surface area contributed by atoms with Gasteiger partial charge in [0.1, 0.15) is 5.65 Å². The zero-order valence-corrected chi connectivity index (χ0v) is 12.0. The van der Waals surface area contributed by atoms with Crippen LogP contribution in [0.15, 0.2) is 29.2 Å². The number of nitrogens with zero attached hydrogens (tertiary/aromatic N) is 3. The number of rotatable bonds is 2. The molecule has 2 aromatic heterocycles. The van der Waals surface area contributed by atoms with Gasteiger partial charge in [-0.1, -0.05) is 6.07 Å². The smallest absolute Gasteiger partial charge is 0.258 e. The van der Waals surface area contributed by atoms with E-state index in [2.05, 4.69) is 22.1 Å². The van der Waals surface area contributed by atoms with E-state index in [0.29, 0.717) is 6.04 Å². The molecule has 0 aliphatic carbocycles. The Morgan fingerprint density at radius 1 is 1.45 bits per heavy atom. The lowest BCUT2D eigenvalue weighted by molar-refractivity contribution is 0.197. The third kappa shape index (κ3) is 2.73. The summed E-state index contributed by atoms with van der Waals surface area (Å²) < 4.78 is 1.61. The molecule has 1 saturated heterocycles. The van der Waals surface area contributed by atoms with Gasteiger partial charge in [0.25, 0.3) is 5.56 Å². The lowest BCUT2D eigenvalue weighted by Crippen LogP contribution is -2.48. The van der Waals surface area contributed by atoms with Crippen molar-refractivity contribution in [3.63, 3.8) is 0 Å². The molecule has 1 fully saturated rings. The maximum Gasteiger partial charge on any atom is 0.258 e. The highest BCUT2D eigenvalue weighted by molar-refractivity contribution is 5.39. The summed E-state index contributed by atoms with van der Waals surface area (Å²) >= 11 is 0. The number of pyridine rings is 1. The summed E-state index contributed by atoms with van der Waals surface area (Å²) in [4.78, 5) is 19.1. The summed E-state index contributed by atoms with van der Waals surface area (Å²) in [7, 11) is 0. The van der Waals surface area contributed by atoms with E-state index < -0.39 is 0 Å². The molecule has 0 unspecified atom stereocenters. The van der Waals surface area contributed by atoms with Crippen molar-refractivity contribution < 1.29 is 0 Å². The Morgan fingerprint density at radius 3 is 3.10 bits per heavy atom. The molecule has 5 heteroatoms. The molecular weight excluding hydrogens is 252 g/mol. The highest BCUT2D eigenvalue weighted by Gasteiger charge is 2.16. The van der Waals surface area contributed by atoms with Crippen molar-refractivity contribution in [1.29, 1.82) is 0 Å². The van der Waals surface area contributed by atoms with Gasteiger partial charge in [0.2, 0.25) is 0 Å². The van der Waals surface area contributed by atoms with Gasteiger partial charge in [-0.25, -0.2) is 4.98 Å². The van der Waals surface area contributed by atoms with Crippen LogP contribution in [0.2, 0.25) is 0 Å². The van der Waals surface area contributed by atoms with E-state index in [1.807, 2.05) is 25.3 Å². The molecule has 1 aliphatic heterocycles. The molecule has 0 aromatic carbocycles. The van der Waals surface area contributed by atoms with Gasteiger partial charge in [-0.15, -0.1) is 0 Å². The number of fused-ring (bicyclic) bond motifs is 1. The van der Waals surface area contributed by atoms with Crippen LogP contribution in [0, 0.1) is 6.92 Å². The fourth-order valence-corrected chi connectivity index (χ4v) is 2.72. The minimum Gasteiger partial charge on any atom is -0.312 e. The number of hydrogen-bond donors (Lipinski definition) is 1. The third-order valence-electron chi connectivity index (χ3n) is 3.70. The van der Waals surface area contributed by atoms with Crippen LogP contribution in [0.3, 0.4) is 0 Å². The normalized spacial score (nSPS) is 20.4. The first-order chi connectivity index (χ1) is 9.61. The van der Waals surface area contributed by atoms with Crippen molar-refractivity contribution >= 4 is 5.65 Å². The second-order valence-electron chi connectivity index (χ2n) is 5.61. The van der Waals surface area contributed by atoms with Gasteiger partial charge in [-0.05, 0) is 25.5 Å². The van der Waals surface area contributed by atoms with Crippen LogP contribution in [-0.2, 0) is 6.54 Å². The molecule has 5 nitrogen and oxygen atoms in total. The molecule has 0 spiro atoms. The van der Waals surface area contributed by atoms with Crippen molar-refractivity contribution in [2.45, 2.75) is 26.4 Å². The Balaban J connectivity index is 1.89. The average molecular weight is 272 g/mol. The lowest BCUT2D eigenvalue weighted by Gasteiger charge is -2.31. The summed E-state index contributed by atoms with van der Waals surface area (Å²) in [5.41, 5.74) is 2.64. The van der Waals surface area contributed by atoms with Crippen LogP contribution < -0.4 is 10.9 Å². The van der Waals surface area contributed by atoms with E-state index in [0.717, 1.165) is 43.1 Å². The van der Waals surface area contributed by atoms with Crippen LogP contribution >= 0.6 is 0 Å². The molecule has 3 rings (SSSR count). The van der Waals surface area contributed by atoms with Crippen LogP contribution in [0.1, 0.15) is 18.2 Å². The first kappa shape index (κ1) is 13.3. The van der Waals surface area contributed by atoms with E-state index in [4.69, 9.17) is 0 Å². The molecular formula is C15H20N4O. The van der Waals surface area contributed by atoms with Crippen molar-refractivity contribution in [2.75, 3.05) is 19.6 Å². The molecule has 0 saturated carbocycles. The molecule has 2 aromatic rings. The van der Waals surface area contributed by atoms with Gasteiger partial charge in [0.05, 0.1) is 5.69 Å². The molecule has 3 heterocycles. The largest absolute Gasteiger partial charge is 0.312 e. The highest BCUT2D eigenvalue weighted by atomic mass is 16.1. The monoisotopic (exact) mass is 272 g/mol. The fraction of sp³-hybridized carbons (Fsp3) is 0.467. The third-order valence-corrected chi connectivity index (χ3v) is 3.70. The first-order valence-electron chi connectivity index (χ1n) is 7.06. The second kappa shape index (κ2) is 5.34. The van der Waals surface area contributed by atoms with Crippen LogP contribution in [0.4, 0.5) is 0 Å². The molecule has 0 radical (unpaired) electrons. The Morgan fingerprint density at radius 2 is 2.30 bits per heavy atom. The van der Waals surface area contributed by atoms with Crippen molar-refractivity contribution in [1.82, 2.24) is 19.6 Å². The highest BCUT2D eigenvalue weighted by Crippen LogP contribution is 2.07. The molecule has 106 valence electrons. The van der Waals surface area contributed by atoms with Gasteiger partial charge in [0, 0.05) is 44.5 Å². The van der Waals surface area contributed by atoms with E-state index in [1.165, 1.54) is 0 Å². The summed E-state index contributed by atoms with van der Waals surface area (Å²) in [6, 6.07) is 6.03. The number of piperazine rings is 1. The van der Waals surface area contributed by atoms with Gasteiger partial charge < -0.3 is 5.32 Å². The Labute approximate surface area is 118 Å². The Hall–Kier alpha value is -1.72. The van der Waals surface area contributed by atoms with E-state index in [1.54, 1.807) is 10.5 Å². The minimum atomic E-state index is -0.00289.